The Kier molecular flexibility index (Phi) is 2.73. The van der Waals surface area contributed by atoms with E-state index in [4.69, 9.17) is 0 Å². The summed E-state index contributed by atoms with van der Waals surface area (Å²) in [5.74, 6) is 0.282. The molecule has 0 bridgehead atoms. The van der Waals surface area contributed by atoms with Crippen molar-refractivity contribution < 1.29 is 5.11 Å². The van der Waals surface area contributed by atoms with Crippen LogP contribution in [0.4, 0.5) is 0 Å². The van der Waals surface area contributed by atoms with Gasteiger partial charge in [0.15, 0.2) is 0 Å². The van der Waals surface area contributed by atoms with E-state index in [1.807, 2.05) is 19.1 Å². The van der Waals surface area contributed by atoms with E-state index in [2.05, 4.69) is 11.9 Å². The van der Waals surface area contributed by atoms with Crippen LogP contribution >= 0.6 is 11.3 Å². The van der Waals surface area contributed by atoms with Gasteiger partial charge in [0, 0.05) is 10.4 Å². The van der Waals surface area contributed by atoms with Crippen LogP contribution < -0.4 is 0 Å². The van der Waals surface area contributed by atoms with Crippen LogP contribution in [0.3, 0.4) is 0 Å². The van der Waals surface area contributed by atoms with Gasteiger partial charge in [-0.3, -0.25) is 0 Å². The predicted octanol–water partition coefficient (Wildman–Crippen LogP) is 3.20. The maximum atomic E-state index is 9.18. The Hall–Kier alpha value is -1.35. The van der Waals surface area contributed by atoms with Crippen LogP contribution in [0.2, 0.25) is 0 Å². The first-order valence-electron chi connectivity index (χ1n) is 4.75. The molecule has 0 aliphatic rings. The summed E-state index contributed by atoms with van der Waals surface area (Å²) < 4.78 is 0. The van der Waals surface area contributed by atoms with Crippen LogP contribution in [0.15, 0.2) is 24.3 Å². The molecule has 1 radical (unpaired) electrons. The predicted molar refractivity (Wildman–Crippen MR) is 63.0 cm³/mol. The summed E-state index contributed by atoms with van der Waals surface area (Å²) in [6, 6.07) is 7.10. The Balaban J connectivity index is 2.41. The molecule has 1 heterocycles. The van der Waals surface area contributed by atoms with Gasteiger partial charge in [-0.05, 0) is 44.5 Å². The fraction of sp³-hybridized carbons (Fsp3) is 0.167. The summed E-state index contributed by atoms with van der Waals surface area (Å²) in [5, 5.41) is 10.2. The molecule has 77 valence electrons. The van der Waals surface area contributed by atoms with Gasteiger partial charge in [-0.2, -0.15) is 0 Å². The molecule has 3 heteroatoms. The van der Waals surface area contributed by atoms with Gasteiger partial charge in [0.2, 0.25) is 0 Å². The highest BCUT2D eigenvalue weighted by molar-refractivity contribution is 7.15. The Bertz CT molecular complexity index is 459. The zero-order chi connectivity index (χ0) is 10.8. The van der Waals surface area contributed by atoms with Gasteiger partial charge in [0.1, 0.15) is 10.8 Å². The normalized spacial score (nSPS) is 10.5. The number of aryl methyl sites for hydroxylation is 1. The zero-order valence-electron chi connectivity index (χ0n) is 8.53. The van der Waals surface area contributed by atoms with Gasteiger partial charge in [-0.25, -0.2) is 4.98 Å². The highest BCUT2D eigenvalue weighted by Crippen LogP contribution is 2.28. The average molecular weight is 218 g/mol. The number of phenols is 1. The number of aromatic nitrogens is 1. The molecule has 15 heavy (non-hydrogen) atoms. The van der Waals surface area contributed by atoms with E-state index >= 15 is 0 Å². The summed E-state index contributed by atoms with van der Waals surface area (Å²) in [5.41, 5.74) is 2.10. The van der Waals surface area contributed by atoms with Crippen molar-refractivity contribution in [2.45, 2.75) is 13.3 Å². The summed E-state index contributed by atoms with van der Waals surface area (Å²) >= 11 is 1.66. The molecule has 1 aromatic carbocycles. The van der Waals surface area contributed by atoms with Crippen LogP contribution in [0.5, 0.6) is 5.75 Å². The van der Waals surface area contributed by atoms with Gasteiger partial charge < -0.3 is 5.11 Å². The number of phenolic OH excluding ortho intramolecular Hbond substituents is 1. The van der Waals surface area contributed by atoms with Crippen LogP contribution in [-0.2, 0) is 6.42 Å². The molecular weight excluding hydrogens is 206 g/mol. The molecule has 1 aromatic heterocycles. The molecule has 0 spiro atoms. The third-order valence-corrected chi connectivity index (χ3v) is 3.50. The molecule has 0 aliphatic carbocycles. The maximum Gasteiger partial charge on any atom is 0.123 e. The quantitative estimate of drug-likeness (QED) is 0.839. The van der Waals surface area contributed by atoms with Crippen molar-refractivity contribution in [2.75, 3.05) is 0 Å². The van der Waals surface area contributed by atoms with Crippen LogP contribution in [-0.4, -0.2) is 10.1 Å². The SMILES string of the molecule is [CH2]Cc1sc(-c2ccc(O)cc2)nc1C. The number of hydrogen-bond acceptors (Lipinski definition) is 3. The van der Waals surface area contributed by atoms with Crippen LogP contribution in [0.1, 0.15) is 10.6 Å². The first-order chi connectivity index (χ1) is 7.20. The fourth-order valence-electron chi connectivity index (χ4n) is 1.39. The molecule has 2 rings (SSSR count). The zero-order valence-corrected chi connectivity index (χ0v) is 9.34. The summed E-state index contributed by atoms with van der Waals surface area (Å²) in [6.45, 7) is 5.87. The molecule has 0 atom stereocenters. The van der Waals surface area contributed by atoms with Crippen molar-refractivity contribution in [1.29, 1.82) is 0 Å². The standard InChI is InChI=1S/C12H12NOS/c1-3-11-8(2)13-12(15-11)9-4-6-10(14)7-5-9/h4-7,14H,1,3H2,2H3. The lowest BCUT2D eigenvalue weighted by Crippen LogP contribution is -1.78. The number of hydrogen-bond donors (Lipinski definition) is 1. The molecule has 1 N–H and O–H groups in total. The molecule has 0 amide bonds. The van der Waals surface area contributed by atoms with Crippen molar-refractivity contribution in [2.24, 2.45) is 0 Å². The van der Waals surface area contributed by atoms with Gasteiger partial charge in [-0.1, -0.05) is 0 Å². The van der Waals surface area contributed by atoms with E-state index in [-0.39, 0.29) is 5.75 Å². The molecular formula is C12H12NOS. The van der Waals surface area contributed by atoms with Gasteiger partial charge >= 0.3 is 0 Å². The molecule has 2 nitrogen and oxygen atoms in total. The summed E-state index contributed by atoms with van der Waals surface area (Å²) in [6.07, 6.45) is 0.779. The number of rotatable bonds is 2. The van der Waals surface area contributed by atoms with Crippen LogP contribution in [0.25, 0.3) is 10.6 Å². The molecule has 0 fully saturated rings. The lowest BCUT2D eigenvalue weighted by Gasteiger charge is -1.95. The van der Waals surface area contributed by atoms with Gasteiger partial charge in [0.25, 0.3) is 0 Å². The number of thiazole rings is 1. The second-order valence-corrected chi connectivity index (χ2v) is 4.41. The van der Waals surface area contributed by atoms with Crippen LogP contribution in [0, 0.1) is 13.8 Å². The largest absolute Gasteiger partial charge is 0.508 e. The van der Waals surface area contributed by atoms with Crippen molar-refractivity contribution in [1.82, 2.24) is 4.98 Å². The number of nitrogens with zero attached hydrogens (tertiary/aromatic N) is 1. The highest BCUT2D eigenvalue weighted by Gasteiger charge is 2.07. The lowest BCUT2D eigenvalue weighted by atomic mass is 10.2. The third kappa shape index (κ3) is 2.02. The first kappa shape index (κ1) is 10.2. The molecule has 0 unspecified atom stereocenters. The fourth-order valence-corrected chi connectivity index (χ4v) is 2.35. The minimum Gasteiger partial charge on any atom is -0.508 e. The van der Waals surface area contributed by atoms with Crippen molar-refractivity contribution in [3.05, 3.63) is 41.8 Å². The first-order valence-corrected chi connectivity index (χ1v) is 5.57. The lowest BCUT2D eigenvalue weighted by molar-refractivity contribution is 0.475. The van der Waals surface area contributed by atoms with E-state index in [0.717, 1.165) is 22.7 Å². The maximum absolute atomic E-state index is 9.18. The Morgan fingerprint density at radius 2 is 2.00 bits per heavy atom. The molecule has 0 saturated carbocycles. The molecule has 0 aliphatic heterocycles. The topological polar surface area (TPSA) is 33.1 Å². The summed E-state index contributed by atoms with van der Waals surface area (Å²) in [4.78, 5) is 5.70. The van der Waals surface area contributed by atoms with Crippen molar-refractivity contribution >= 4 is 11.3 Å². The minimum absolute atomic E-state index is 0.282. The summed E-state index contributed by atoms with van der Waals surface area (Å²) in [7, 11) is 0. The van der Waals surface area contributed by atoms with Crippen molar-refractivity contribution in [3.63, 3.8) is 0 Å². The van der Waals surface area contributed by atoms with Crippen molar-refractivity contribution in [3.8, 4) is 16.3 Å². The van der Waals surface area contributed by atoms with E-state index in [1.54, 1.807) is 23.5 Å². The molecule has 2 aromatic rings. The van der Waals surface area contributed by atoms with E-state index in [9.17, 15) is 5.11 Å². The Morgan fingerprint density at radius 3 is 2.53 bits per heavy atom. The minimum atomic E-state index is 0.282. The third-order valence-electron chi connectivity index (χ3n) is 2.23. The number of aromatic hydroxyl groups is 1. The number of benzene rings is 1. The smallest absolute Gasteiger partial charge is 0.123 e. The van der Waals surface area contributed by atoms with E-state index in [1.165, 1.54) is 4.88 Å². The van der Waals surface area contributed by atoms with E-state index < -0.39 is 0 Å². The second-order valence-electron chi connectivity index (χ2n) is 3.32. The second kappa shape index (κ2) is 4.03. The van der Waals surface area contributed by atoms with E-state index in [0.29, 0.717) is 0 Å². The molecule has 0 saturated heterocycles. The highest BCUT2D eigenvalue weighted by atomic mass is 32.1. The average Bonchev–Trinajstić information content (AvgIpc) is 2.61. The monoisotopic (exact) mass is 218 g/mol. The van der Waals surface area contributed by atoms with Gasteiger partial charge in [-0.15, -0.1) is 11.3 Å². The Labute approximate surface area is 93.2 Å². The van der Waals surface area contributed by atoms with Gasteiger partial charge in [0.05, 0.1) is 5.69 Å². The Morgan fingerprint density at radius 1 is 1.33 bits per heavy atom.